The van der Waals surface area contributed by atoms with Crippen molar-refractivity contribution in [3.05, 3.63) is 95.5 Å². The average molecular weight is 515 g/mol. The molecule has 38 heavy (non-hydrogen) atoms. The summed E-state index contributed by atoms with van der Waals surface area (Å²) in [7, 11) is 0. The smallest absolute Gasteiger partial charge is 0.296 e. The molecule has 2 aliphatic heterocycles. The molecular weight excluding hydrogens is 480 g/mol. The second-order valence-corrected chi connectivity index (χ2v) is 10.4. The van der Waals surface area contributed by atoms with Gasteiger partial charge < -0.3 is 19.2 Å². The number of rotatable bonds is 8. The molecule has 1 N–H and O–H groups in total. The lowest BCUT2D eigenvalue weighted by atomic mass is 9.97. The van der Waals surface area contributed by atoms with E-state index in [9.17, 15) is 14.7 Å². The number of Topliss-reactive ketones (excluding diaryl/α,β-unsaturated/α-hetero) is 1. The van der Waals surface area contributed by atoms with Crippen LogP contribution < -0.4 is 4.74 Å². The topological polar surface area (TPSA) is 83.2 Å². The van der Waals surface area contributed by atoms with Gasteiger partial charge >= 0.3 is 0 Å². The summed E-state index contributed by atoms with van der Waals surface area (Å²) >= 11 is 0. The molecule has 2 aromatic carbocycles. The molecule has 3 heterocycles. The van der Waals surface area contributed by atoms with Gasteiger partial charge in [0.05, 0.1) is 18.4 Å². The second kappa shape index (κ2) is 11.3. The Kier molecular flexibility index (Phi) is 7.65. The summed E-state index contributed by atoms with van der Waals surface area (Å²) in [5, 5.41) is 11.3. The number of hydrogen-bond donors (Lipinski definition) is 1. The highest BCUT2D eigenvalue weighted by atomic mass is 16.5. The predicted octanol–water partition coefficient (Wildman–Crippen LogP) is 5.40. The Morgan fingerprint density at radius 2 is 1.71 bits per heavy atom. The second-order valence-electron chi connectivity index (χ2n) is 10.4. The monoisotopic (exact) mass is 514 g/mol. The third-order valence-electron chi connectivity index (χ3n) is 7.20. The highest BCUT2D eigenvalue weighted by molar-refractivity contribution is 6.46. The lowest BCUT2D eigenvalue weighted by Gasteiger charge is -2.38. The van der Waals surface area contributed by atoms with E-state index in [-0.39, 0.29) is 17.4 Å². The Bertz CT molecular complexity index is 1270. The first kappa shape index (κ1) is 25.8. The summed E-state index contributed by atoms with van der Waals surface area (Å²) in [4.78, 5) is 30.7. The Morgan fingerprint density at radius 3 is 2.34 bits per heavy atom. The van der Waals surface area contributed by atoms with Crippen LogP contribution in [0.15, 0.2) is 83.0 Å². The number of carbonyl (C=O) groups excluding carboxylic acids is 2. The fraction of sp³-hybridized carbons (Fsp3) is 0.355. The van der Waals surface area contributed by atoms with Crippen LogP contribution in [-0.4, -0.2) is 52.3 Å². The van der Waals surface area contributed by atoms with Gasteiger partial charge in [0.25, 0.3) is 11.7 Å². The zero-order valence-electron chi connectivity index (χ0n) is 21.9. The molecule has 1 atom stereocenters. The van der Waals surface area contributed by atoms with Crippen molar-refractivity contribution in [2.75, 3.05) is 19.7 Å². The molecule has 0 saturated carbocycles. The van der Waals surface area contributed by atoms with Crippen LogP contribution in [0.3, 0.4) is 0 Å². The number of benzene rings is 2. The summed E-state index contributed by atoms with van der Waals surface area (Å²) < 4.78 is 11.4. The van der Waals surface area contributed by atoms with Crippen LogP contribution in [0.4, 0.5) is 0 Å². The molecule has 1 amide bonds. The first-order chi connectivity index (χ1) is 18.4. The molecule has 7 nitrogen and oxygen atoms in total. The van der Waals surface area contributed by atoms with Gasteiger partial charge in [0.2, 0.25) is 0 Å². The van der Waals surface area contributed by atoms with Crippen molar-refractivity contribution in [2.45, 2.75) is 45.3 Å². The molecule has 0 spiro atoms. The Balaban J connectivity index is 1.39. The minimum absolute atomic E-state index is 0.0625. The van der Waals surface area contributed by atoms with Crippen LogP contribution in [0.25, 0.3) is 5.76 Å². The van der Waals surface area contributed by atoms with Crippen LogP contribution in [0.2, 0.25) is 0 Å². The number of aliphatic hydroxyl groups excluding tert-OH is 1. The van der Waals surface area contributed by atoms with Crippen molar-refractivity contribution in [3.8, 4) is 5.75 Å². The number of amides is 1. The van der Waals surface area contributed by atoms with Crippen LogP contribution >= 0.6 is 0 Å². The van der Waals surface area contributed by atoms with E-state index in [0.717, 1.165) is 32.5 Å². The number of likely N-dealkylation sites (tertiary alicyclic amines) is 2. The van der Waals surface area contributed by atoms with Crippen LogP contribution in [0, 0.1) is 5.92 Å². The molecule has 1 aromatic heterocycles. The Hall–Kier alpha value is -3.84. The van der Waals surface area contributed by atoms with E-state index in [0.29, 0.717) is 29.6 Å². The normalized spacial score (nSPS) is 20.4. The van der Waals surface area contributed by atoms with Gasteiger partial charge in [-0.25, -0.2) is 0 Å². The number of ketones is 1. The van der Waals surface area contributed by atoms with Gasteiger partial charge in [0.15, 0.2) is 0 Å². The van der Waals surface area contributed by atoms with Crippen molar-refractivity contribution in [1.29, 1.82) is 0 Å². The minimum Gasteiger partial charge on any atom is -0.507 e. The van der Waals surface area contributed by atoms with E-state index in [4.69, 9.17) is 9.15 Å². The van der Waals surface area contributed by atoms with E-state index < -0.39 is 17.7 Å². The predicted molar refractivity (Wildman–Crippen MR) is 144 cm³/mol. The first-order valence-corrected chi connectivity index (χ1v) is 13.3. The summed E-state index contributed by atoms with van der Waals surface area (Å²) in [5.74, 6) is 0.0544. The quantitative estimate of drug-likeness (QED) is 0.246. The van der Waals surface area contributed by atoms with Gasteiger partial charge in [-0.2, -0.15) is 0 Å². The SMILES string of the molecule is CC(C)COc1ccc(/C(O)=C2/C(=O)C(=O)N(C3CCN(Cc4ccccc4)CC3)C2c2ccco2)cc1. The molecule has 0 radical (unpaired) electrons. The van der Waals surface area contributed by atoms with E-state index in [2.05, 4.69) is 30.9 Å². The number of ether oxygens (including phenoxy) is 1. The van der Waals surface area contributed by atoms with Gasteiger partial charge in [-0.3, -0.25) is 14.5 Å². The van der Waals surface area contributed by atoms with Crippen molar-refractivity contribution >= 4 is 17.4 Å². The maximum absolute atomic E-state index is 13.4. The average Bonchev–Trinajstić information content (AvgIpc) is 3.55. The standard InChI is InChI=1S/C31H34N2O5/c1-21(2)20-38-25-12-10-23(11-13-25)29(34)27-28(26-9-6-18-37-26)33(31(36)30(27)35)24-14-16-32(17-15-24)19-22-7-4-3-5-8-22/h3-13,18,21,24,28,34H,14-17,19-20H2,1-2H3/b29-27-. The first-order valence-electron chi connectivity index (χ1n) is 13.3. The molecule has 198 valence electrons. The Morgan fingerprint density at radius 1 is 1.00 bits per heavy atom. The lowest BCUT2D eigenvalue weighted by molar-refractivity contribution is -0.142. The molecule has 0 bridgehead atoms. The molecule has 5 rings (SSSR count). The third-order valence-corrected chi connectivity index (χ3v) is 7.20. The maximum Gasteiger partial charge on any atom is 0.296 e. The summed E-state index contributed by atoms with van der Waals surface area (Å²) in [6.45, 7) is 7.20. The maximum atomic E-state index is 13.4. The molecule has 2 aliphatic rings. The van der Waals surface area contributed by atoms with E-state index in [1.165, 1.54) is 11.8 Å². The molecule has 1 unspecified atom stereocenters. The third kappa shape index (κ3) is 5.38. The minimum atomic E-state index is -0.771. The highest BCUT2D eigenvalue weighted by Gasteiger charge is 2.50. The van der Waals surface area contributed by atoms with Gasteiger partial charge in [-0.15, -0.1) is 0 Å². The molecular formula is C31H34N2O5. The van der Waals surface area contributed by atoms with Gasteiger partial charge in [0, 0.05) is 31.2 Å². The molecule has 7 heteroatoms. The molecule has 0 aliphatic carbocycles. The van der Waals surface area contributed by atoms with Crippen LogP contribution in [-0.2, 0) is 16.1 Å². The van der Waals surface area contributed by atoms with Crippen molar-refractivity contribution < 1.29 is 23.8 Å². The number of nitrogens with zero attached hydrogens (tertiary/aromatic N) is 2. The summed E-state index contributed by atoms with van der Waals surface area (Å²) in [6.07, 6.45) is 3.00. The van der Waals surface area contributed by atoms with E-state index >= 15 is 0 Å². The molecule has 2 saturated heterocycles. The van der Waals surface area contributed by atoms with Crippen molar-refractivity contribution in [3.63, 3.8) is 0 Å². The van der Waals surface area contributed by atoms with E-state index in [1.54, 1.807) is 41.3 Å². The zero-order chi connectivity index (χ0) is 26.6. The summed E-state index contributed by atoms with van der Waals surface area (Å²) in [5.41, 5.74) is 1.77. The number of aliphatic hydroxyl groups is 1. The van der Waals surface area contributed by atoms with E-state index in [1.807, 2.05) is 18.2 Å². The number of furan rings is 1. The number of hydrogen-bond acceptors (Lipinski definition) is 6. The van der Waals surface area contributed by atoms with Gasteiger partial charge in [-0.1, -0.05) is 44.2 Å². The fourth-order valence-corrected chi connectivity index (χ4v) is 5.28. The number of piperidine rings is 1. The van der Waals surface area contributed by atoms with Gasteiger partial charge in [-0.05, 0) is 60.7 Å². The largest absolute Gasteiger partial charge is 0.507 e. The molecule has 2 fully saturated rings. The van der Waals surface area contributed by atoms with Crippen molar-refractivity contribution in [1.82, 2.24) is 9.80 Å². The molecule has 3 aromatic rings. The number of carbonyl (C=O) groups is 2. The lowest BCUT2D eigenvalue weighted by Crippen LogP contribution is -2.46. The van der Waals surface area contributed by atoms with Crippen molar-refractivity contribution in [2.24, 2.45) is 5.92 Å². The zero-order valence-corrected chi connectivity index (χ0v) is 21.9. The highest BCUT2D eigenvalue weighted by Crippen LogP contribution is 2.42. The van der Waals surface area contributed by atoms with Crippen LogP contribution in [0.1, 0.15) is 49.6 Å². The Labute approximate surface area is 223 Å². The van der Waals surface area contributed by atoms with Crippen LogP contribution in [0.5, 0.6) is 5.75 Å². The van der Waals surface area contributed by atoms with Gasteiger partial charge in [0.1, 0.15) is 23.3 Å². The summed E-state index contributed by atoms with van der Waals surface area (Å²) in [6, 6.07) is 19.8. The fourth-order valence-electron chi connectivity index (χ4n) is 5.28.